The molecule has 0 aromatic heterocycles. The van der Waals surface area contributed by atoms with Gasteiger partial charge in [-0.05, 0) is 12.8 Å². The first-order valence-electron chi connectivity index (χ1n) is 8.39. The molecule has 3 fully saturated rings. The third kappa shape index (κ3) is 5.19. The molecule has 0 aliphatic carbocycles. The van der Waals surface area contributed by atoms with Crippen molar-refractivity contribution in [2.24, 2.45) is 0 Å². The number of fused-ring (bicyclic) bond motifs is 1. The van der Waals surface area contributed by atoms with Crippen LogP contribution in [0.25, 0.3) is 0 Å². The maximum absolute atomic E-state index is 11.8. The second-order valence-corrected chi connectivity index (χ2v) is 9.44. The van der Waals surface area contributed by atoms with E-state index in [0.717, 1.165) is 12.2 Å². The minimum absolute atomic E-state index is 0. The van der Waals surface area contributed by atoms with Gasteiger partial charge in [0.05, 0.1) is 18.5 Å². The van der Waals surface area contributed by atoms with Crippen molar-refractivity contribution in [2.75, 3.05) is 5.75 Å². The maximum atomic E-state index is 11.8. The predicted molar refractivity (Wildman–Crippen MR) is 97.6 cm³/mol. The molecule has 4 atom stereocenters. The molecule has 4 amide bonds. The molecule has 0 bridgehead atoms. The number of nitrogens with one attached hydrogen (secondary N) is 2. The predicted octanol–water partition coefficient (Wildman–Crippen LogP) is -1.20. The summed E-state index contributed by atoms with van der Waals surface area (Å²) in [6.07, 6.45) is 1.11. The molecule has 0 saturated carbocycles. The van der Waals surface area contributed by atoms with Gasteiger partial charge in [0, 0.05) is 47.0 Å². The van der Waals surface area contributed by atoms with E-state index in [4.69, 9.17) is 4.55 Å². The molecule has 11 nitrogen and oxygen atoms in total. The van der Waals surface area contributed by atoms with Crippen molar-refractivity contribution < 1.29 is 37.0 Å². The Hall–Kier alpha value is -0.860. The quantitative estimate of drug-likeness (QED) is 0.144. The summed E-state index contributed by atoms with van der Waals surface area (Å²) in [5.41, 5.74) is 0. The van der Waals surface area contributed by atoms with Crippen molar-refractivity contribution in [3.05, 3.63) is 0 Å². The second-order valence-electron chi connectivity index (χ2n) is 6.57. The Morgan fingerprint density at radius 2 is 1.96 bits per heavy atom. The fourth-order valence-electron chi connectivity index (χ4n) is 3.32. The number of hydroxylamine groups is 2. The van der Waals surface area contributed by atoms with Crippen molar-refractivity contribution >= 4 is 75.3 Å². The Kier molecular flexibility index (Phi) is 7.78. The fraction of sp³-hybridized carbons (Fsp3) is 0.714. The van der Waals surface area contributed by atoms with E-state index in [1.807, 2.05) is 0 Å². The van der Waals surface area contributed by atoms with Gasteiger partial charge in [-0.25, -0.2) is 9.59 Å². The van der Waals surface area contributed by atoms with Gasteiger partial charge in [-0.2, -0.15) is 20.2 Å². The third-order valence-electron chi connectivity index (χ3n) is 4.67. The SMILES string of the molecule is O=C1NC2CSC(CCCCC(=O)ON3C(=O)CC(S(=O)(=O)O)C3=O)C2N1.[Na]. The summed E-state index contributed by atoms with van der Waals surface area (Å²) < 4.78 is 31.0. The van der Waals surface area contributed by atoms with Crippen LogP contribution in [0, 0.1) is 0 Å². The van der Waals surface area contributed by atoms with Gasteiger partial charge in [-0.3, -0.25) is 14.1 Å². The minimum Gasteiger partial charge on any atom is -0.332 e. The Bertz CT molecular complexity index is 777. The van der Waals surface area contributed by atoms with Crippen molar-refractivity contribution in [3.8, 4) is 0 Å². The standard InChI is InChI=1S/C14H19N3O8S2.Na/c18-10-5-9(27(22,23)24)13(20)17(10)25-11(19)4-2-1-3-8-12-7(6-26-8)15-14(21)16-12;/h7-9,12H,1-6H2,(H2,15,16,21)(H,22,23,24);. The third-order valence-corrected chi connectivity index (χ3v) is 7.27. The first-order chi connectivity index (χ1) is 12.7. The van der Waals surface area contributed by atoms with E-state index in [1.54, 1.807) is 11.8 Å². The van der Waals surface area contributed by atoms with Crippen LogP contribution in [0.2, 0.25) is 0 Å². The maximum Gasteiger partial charge on any atom is 0.333 e. The van der Waals surface area contributed by atoms with Gasteiger partial charge in [0.2, 0.25) is 0 Å². The van der Waals surface area contributed by atoms with Gasteiger partial charge in [0.1, 0.15) is 0 Å². The average molecular weight is 444 g/mol. The van der Waals surface area contributed by atoms with Crippen LogP contribution in [0.4, 0.5) is 4.79 Å². The van der Waals surface area contributed by atoms with Gasteiger partial charge in [-0.1, -0.05) is 6.42 Å². The molecule has 3 aliphatic heterocycles. The number of hydrogen-bond donors (Lipinski definition) is 3. The summed E-state index contributed by atoms with van der Waals surface area (Å²) in [7, 11) is -4.74. The van der Waals surface area contributed by atoms with E-state index in [-0.39, 0.29) is 64.4 Å². The zero-order valence-electron chi connectivity index (χ0n) is 15.1. The summed E-state index contributed by atoms with van der Waals surface area (Å²) in [5, 5.41) is 4.15. The number of hydrogen-bond acceptors (Lipinski definition) is 8. The van der Waals surface area contributed by atoms with Crippen LogP contribution in [0.15, 0.2) is 0 Å². The fourth-order valence-corrected chi connectivity index (χ4v) is 5.56. The molecule has 3 N–H and O–H groups in total. The summed E-state index contributed by atoms with van der Waals surface area (Å²) in [6, 6.07) is 0.0362. The zero-order valence-corrected chi connectivity index (χ0v) is 18.8. The van der Waals surface area contributed by atoms with Gasteiger partial charge in [-0.15, -0.1) is 5.06 Å². The van der Waals surface area contributed by atoms with E-state index in [2.05, 4.69) is 15.5 Å². The van der Waals surface area contributed by atoms with Crippen molar-refractivity contribution in [1.29, 1.82) is 0 Å². The van der Waals surface area contributed by atoms with Gasteiger partial charge < -0.3 is 15.5 Å². The largest absolute Gasteiger partial charge is 0.333 e. The van der Waals surface area contributed by atoms with E-state index in [9.17, 15) is 27.6 Å². The molecule has 3 rings (SSSR count). The molecule has 0 spiro atoms. The first-order valence-corrected chi connectivity index (χ1v) is 10.9. The number of unbranched alkanes of at least 4 members (excludes halogenated alkanes) is 1. The Morgan fingerprint density at radius 1 is 1.25 bits per heavy atom. The van der Waals surface area contributed by atoms with Crippen molar-refractivity contribution in [1.82, 2.24) is 15.7 Å². The minimum atomic E-state index is -4.74. The van der Waals surface area contributed by atoms with Crippen LogP contribution < -0.4 is 10.6 Å². The van der Waals surface area contributed by atoms with E-state index < -0.39 is 39.6 Å². The number of carbonyl (C=O) groups excluding carboxylic acids is 4. The normalized spacial score (nSPS) is 29.2. The van der Waals surface area contributed by atoms with Crippen molar-refractivity contribution in [3.63, 3.8) is 0 Å². The van der Waals surface area contributed by atoms with Crippen LogP contribution in [-0.2, 0) is 29.3 Å². The van der Waals surface area contributed by atoms with E-state index in [1.165, 1.54) is 0 Å². The van der Waals surface area contributed by atoms with Gasteiger partial charge >= 0.3 is 12.0 Å². The van der Waals surface area contributed by atoms with Gasteiger partial charge in [0.15, 0.2) is 5.25 Å². The Balaban J connectivity index is 0.00000280. The molecule has 3 heterocycles. The summed E-state index contributed by atoms with van der Waals surface area (Å²) >= 11 is 1.75. The molecule has 14 heteroatoms. The number of rotatable bonds is 7. The van der Waals surface area contributed by atoms with Crippen LogP contribution in [0.5, 0.6) is 0 Å². The molecular formula is C14H19N3NaO8S2. The van der Waals surface area contributed by atoms with Crippen LogP contribution >= 0.6 is 11.8 Å². The number of nitrogens with zero attached hydrogens (tertiary/aromatic N) is 1. The van der Waals surface area contributed by atoms with Crippen LogP contribution in [-0.4, -0.2) is 99.7 Å². The molecule has 0 aromatic rings. The van der Waals surface area contributed by atoms with E-state index in [0.29, 0.717) is 12.8 Å². The first kappa shape index (κ1) is 23.4. The second kappa shape index (κ2) is 9.30. The van der Waals surface area contributed by atoms with Crippen molar-refractivity contribution in [2.45, 2.75) is 54.7 Å². The molecule has 1 radical (unpaired) electrons. The number of carbonyl (C=O) groups is 4. The van der Waals surface area contributed by atoms with E-state index >= 15 is 0 Å². The molecule has 28 heavy (non-hydrogen) atoms. The monoisotopic (exact) mass is 444 g/mol. The average Bonchev–Trinajstić information content (AvgIpc) is 3.19. The molecule has 4 unspecified atom stereocenters. The summed E-state index contributed by atoms with van der Waals surface area (Å²) in [5.74, 6) is -2.26. The Morgan fingerprint density at radius 3 is 2.61 bits per heavy atom. The molecule has 0 aromatic carbocycles. The molecule has 151 valence electrons. The number of urea groups is 1. The summed E-state index contributed by atoms with van der Waals surface area (Å²) in [6.45, 7) is 0. The smallest absolute Gasteiger partial charge is 0.332 e. The van der Waals surface area contributed by atoms with Crippen LogP contribution in [0.1, 0.15) is 32.1 Å². The number of imide groups is 1. The molecule has 3 aliphatic rings. The summed E-state index contributed by atoms with van der Waals surface area (Å²) in [4.78, 5) is 51.2. The zero-order chi connectivity index (χ0) is 19.8. The number of thioether (sulfide) groups is 1. The van der Waals surface area contributed by atoms with Crippen LogP contribution in [0.3, 0.4) is 0 Å². The molecular weight excluding hydrogens is 425 g/mol. The topological polar surface area (TPSA) is 159 Å². The Labute approximate surface area is 187 Å². The number of amides is 4. The van der Waals surface area contributed by atoms with Gasteiger partial charge in [0.25, 0.3) is 21.9 Å². The molecule has 3 saturated heterocycles.